The molecule has 94 valence electrons. The van der Waals surface area contributed by atoms with Crippen LogP contribution in [0.2, 0.25) is 0 Å². The molecule has 2 heterocycles. The molecule has 1 fully saturated rings. The molecule has 0 bridgehead atoms. The fraction of sp³-hybridized carbons (Fsp3) is 0.727. The van der Waals surface area contributed by atoms with Crippen LogP contribution in [-0.4, -0.2) is 41.6 Å². The molecule has 0 atom stereocenters. The number of hydrogen-bond donors (Lipinski definition) is 2. The molecule has 1 saturated heterocycles. The van der Waals surface area contributed by atoms with Gasteiger partial charge in [-0.05, 0) is 26.2 Å². The van der Waals surface area contributed by atoms with Crippen molar-refractivity contribution in [3.05, 3.63) is 0 Å². The molecular formula is C11H20N6. The minimum atomic E-state index is 0.622. The second-order valence-corrected chi connectivity index (χ2v) is 4.11. The molecule has 1 aliphatic heterocycles. The highest BCUT2D eigenvalue weighted by Gasteiger charge is 2.15. The van der Waals surface area contributed by atoms with Crippen molar-refractivity contribution in [2.24, 2.45) is 0 Å². The Kier molecular flexibility index (Phi) is 3.95. The van der Waals surface area contributed by atoms with Crippen LogP contribution >= 0.6 is 0 Å². The van der Waals surface area contributed by atoms with E-state index < -0.39 is 0 Å². The first-order valence-corrected chi connectivity index (χ1v) is 6.26. The number of piperidine rings is 1. The largest absolute Gasteiger partial charge is 0.357 e. The molecule has 0 spiro atoms. The lowest BCUT2D eigenvalue weighted by Crippen LogP contribution is -2.31. The molecule has 0 saturated carbocycles. The van der Waals surface area contributed by atoms with Gasteiger partial charge >= 0.3 is 0 Å². The molecule has 1 aromatic heterocycles. The number of rotatable bonds is 4. The summed E-state index contributed by atoms with van der Waals surface area (Å²) in [4.78, 5) is 15.4. The summed E-state index contributed by atoms with van der Waals surface area (Å²) < 4.78 is 0. The van der Waals surface area contributed by atoms with E-state index in [-0.39, 0.29) is 0 Å². The highest BCUT2D eigenvalue weighted by Crippen LogP contribution is 2.18. The molecule has 17 heavy (non-hydrogen) atoms. The van der Waals surface area contributed by atoms with Crippen LogP contribution in [0.3, 0.4) is 0 Å². The molecule has 0 aliphatic carbocycles. The lowest BCUT2D eigenvalue weighted by molar-refractivity contribution is 0.568. The predicted octanol–water partition coefficient (Wildman–Crippen LogP) is 1.34. The Balaban J connectivity index is 2.21. The zero-order valence-corrected chi connectivity index (χ0v) is 10.5. The van der Waals surface area contributed by atoms with Crippen LogP contribution in [0.4, 0.5) is 17.8 Å². The topological polar surface area (TPSA) is 66.0 Å². The van der Waals surface area contributed by atoms with Crippen LogP contribution in [0, 0.1) is 0 Å². The van der Waals surface area contributed by atoms with Crippen LogP contribution < -0.4 is 15.5 Å². The normalized spacial score (nSPS) is 15.8. The van der Waals surface area contributed by atoms with Crippen LogP contribution in [-0.2, 0) is 0 Å². The van der Waals surface area contributed by atoms with Crippen molar-refractivity contribution >= 4 is 17.8 Å². The van der Waals surface area contributed by atoms with Crippen molar-refractivity contribution < 1.29 is 0 Å². The van der Waals surface area contributed by atoms with Gasteiger partial charge in [-0.3, -0.25) is 0 Å². The number of aromatic nitrogens is 3. The smallest absolute Gasteiger partial charge is 0.231 e. The summed E-state index contributed by atoms with van der Waals surface area (Å²) in [5, 5.41) is 6.11. The van der Waals surface area contributed by atoms with Crippen molar-refractivity contribution in [1.29, 1.82) is 0 Å². The Morgan fingerprint density at radius 3 is 2.41 bits per heavy atom. The van der Waals surface area contributed by atoms with E-state index in [9.17, 15) is 0 Å². The molecular weight excluding hydrogens is 216 g/mol. The average molecular weight is 236 g/mol. The van der Waals surface area contributed by atoms with Gasteiger partial charge in [0.25, 0.3) is 0 Å². The first-order valence-electron chi connectivity index (χ1n) is 6.26. The Bertz CT molecular complexity index is 361. The molecule has 0 amide bonds. The van der Waals surface area contributed by atoms with Gasteiger partial charge in [-0.15, -0.1) is 0 Å². The van der Waals surface area contributed by atoms with E-state index in [2.05, 4.69) is 30.5 Å². The minimum Gasteiger partial charge on any atom is -0.357 e. The van der Waals surface area contributed by atoms with Gasteiger partial charge in [0.05, 0.1) is 0 Å². The van der Waals surface area contributed by atoms with E-state index >= 15 is 0 Å². The van der Waals surface area contributed by atoms with Crippen LogP contribution in [0.5, 0.6) is 0 Å². The third-order valence-corrected chi connectivity index (χ3v) is 2.82. The molecule has 0 radical (unpaired) electrons. The third-order valence-electron chi connectivity index (χ3n) is 2.82. The average Bonchev–Trinajstić information content (AvgIpc) is 2.40. The summed E-state index contributed by atoms with van der Waals surface area (Å²) in [6, 6.07) is 0. The summed E-state index contributed by atoms with van der Waals surface area (Å²) in [5.74, 6) is 2.05. The lowest BCUT2D eigenvalue weighted by atomic mass is 10.1. The van der Waals surface area contributed by atoms with Crippen molar-refractivity contribution in [3.63, 3.8) is 0 Å². The molecule has 2 rings (SSSR count). The second kappa shape index (κ2) is 5.65. The first-order chi connectivity index (χ1) is 8.33. The number of hydrogen-bond acceptors (Lipinski definition) is 6. The van der Waals surface area contributed by atoms with Crippen molar-refractivity contribution in [2.45, 2.75) is 26.2 Å². The Labute approximate surface area is 102 Å². The zero-order chi connectivity index (χ0) is 12.1. The van der Waals surface area contributed by atoms with E-state index in [1.807, 2.05) is 14.0 Å². The molecule has 1 aliphatic rings. The van der Waals surface area contributed by atoms with E-state index in [1.165, 1.54) is 19.3 Å². The molecule has 0 unspecified atom stereocenters. The molecule has 0 aromatic carbocycles. The van der Waals surface area contributed by atoms with E-state index in [4.69, 9.17) is 0 Å². The van der Waals surface area contributed by atoms with E-state index in [1.54, 1.807) is 0 Å². The Hall–Kier alpha value is -1.59. The number of nitrogens with one attached hydrogen (secondary N) is 2. The van der Waals surface area contributed by atoms with Gasteiger partial charge in [0.15, 0.2) is 0 Å². The maximum atomic E-state index is 4.45. The fourth-order valence-corrected chi connectivity index (χ4v) is 1.95. The van der Waals surface area contributed by atoms with Gasteiger partial charge in [-0.2, -0.15) is 15.0 Å². The summed E-state index contributed by atoms with van der Waals surface area (Å²) >= 11 is 0. The van der Waals surface area contributed by atoms with Gasteiger partial charge in [-0.25, -0.2) is 0 Å². The van der Waals surface area contributed by atoms with Gasteiger partial charge in [0.2, 0.25) is 17.8 Å². The van der Waals surface area contributed by atoms with Crippen LogP contribution in [0.25, 0.3) is 0 Å². The predicted molar refractivity (Wildman–Crippen MR) is 69.6 cm³/mol. The Morgan fingerprint density at radius 2 is 1.76 bits per heavy atom. The number of nitrogens with zero attached hydrogens (tertiary/aromatic N) is 4. The van der Waals surface area contributed by atoms with Crippen molar-refractivity contribution in [3.8, 4) is 0 Å². The summed E-state index contributed by atoms with van der Waals surface area (Å²) in [7, 11) is 1.82. The molecule has 6 heteroatoms. The fourth-order valence-electron chi connectivity index (χ4n) is 1.95. The maximum Gasteiger partial charge on any atom is 0.231 e. The standard InChI is InChI=1S/C11H20N6/c1-3-13-10-14-9(12-2)15-11(16-10)17-7-5-4-6-8-17/h3-8H2,1-2H3,(H2,12,13,14,15,16). The van der Waals surface area contributed by atoms with Crippen molar-refractivity contribution in [2.75, 3.05) is 42.2 Å². The highest BCUT2D eigenvalue weighted by atomic mass is 15.3. The zero-order valence-electron chi connectivity index (χ0n) is 10.5. The van der Waals surface area contributed by atoms with Crippen molar-refractivity contribution in [1.82, 2.24) is 15.0 Å². The van der Waals surface area contributed by atoms with Crippen LogP contribution in [0.1, 0.15) is 26.2 Å². The van der Waals surface area contributed by atoms with Gasteiger partial charge in [-0.1, -0.05) is 0 Å². The molecule has 2 N–H and O–H groups in total. The van der Waals surface area contributed by atoms with Gasteiger partial charge in [0, 0.05) is 26.7 Å². The van der Waals surface area contributed by atoms with E-state index in [0.717, 1.165) is 25.6 Å². The maximum absolute atomic E-state index is 4.45. The van der Waals surface area contributed by atoms with Gasteiger partial charge in [0.1, 0.15) is 0 Å². The quantitative estimate of drug-likeness (QED) is 0.822. The summed E-state index contributed by atoms with van der Waals surface area (Å²) in [6.07, 6.45) is 3.74. The third kappa shape index (κ3) is 2.95. The monoisotopic (exact) mass is 236 g/mol. The molecule has 1 aromatic rings. The highest BCUT2D eigenvalue weighted by molar-refractivity contribution is 5.43. The van der Waals surface area contributed by atoms with Gasteiger partial charge < -0.3 is 15.5 Å². The summed E-state index contributed by atoms with van der Waals surface area (Å²) in [6.45, 7) is 4.92. The minimum absolute atomic E-state index is 0.622. The Morgan fingerprint density at radius 1 is 1.06 bits per heavy atom. The molecule has 6 nitrogen and oxygen atoms in total. The van der Waals surface area contributed by atoms with E-state index in [0.29, 0.717) is 11.9 Å². The summed E-state index contributed by atoms with van der Waals surface area (Å²) in [5.41, 5.74) is 0. The number of anilines is 3. The first kappa shape index (κ1) is 11.9. The van der Waals surface area contributed by atoms with Crippen LogP contribution in [0.15, 0.2) is 0 Å². The second-order valence-electron chi connectivity index (χ2n) is 4.11. The lowest BCUT2D eigenvalue weighted by Gasteiger charge is -2.26. The SMILES string of the molecule is CCNc1nc(NC)nc(N2CCCCC2)n1.